The Morgan fingerprint density at radius 1 is 1.83 bits per heavy atom. The summed E-state index contributed by atoms with van der Waals surface area (Å²) in [5, 5.41) is 2.01. The van der Waals surface area contributed by atoms with E-state index in [1.807, 2.05) is 18.5 Å². The minimum Gasteiger partial charge on any atom is -0.0328 e. The number of rotatable bonds is 0. The number of nitrogens with zero attached hydrogens (tertiary/aromatic N) is 1. The van der Waals surface area contributed by atoms with Gasteiger partial charge in [0.25, 0.3) is 18.2 Å². The fourth-order valence-electron chi connectivity index (χ4n) is 0.258. The van der Waals surface area contributed by atoms with E-state index in [2.05, 4.69) is 4.40 Å². The first-order valence-corrected chi connectivity index (χ1v) is 2.59. The number of hydrogen-bond acceptors (Lipinski definition) is 2. The fourth-order valence-corrected chi connectivity index (χ4v) is 0.773. The van der Waals surface area contributed by atoms with Crippen molar-refractivity contribution in [3.05, 3.63) is 11.0 Å². The van der Waals surface area contributed by atoms with E-state index in [0.717, 1.165) is 0 Å². The zero-order chi connectivity index (χ0) is 4.41. The van der Waals surface area contributed by atoms with Gasteiger partial charge in [0.1, 0.15) is 4.40 Å². The van der Waals surface area contributed by atoms with Crippen molar-refractivity contribution in [1.29, 1.82) is 0 Å². The Balaban J connectivity index is 2.68. The molecule has 1 aliphatic heterocycles. The van der Waals surface area contributed by atoms with Gasteiger partial charge in [-0.05, 0) is 6.92 Å². The first-order chi connectivity index (χ1) is 2.89. The normalized spacial score (nSPS) is 18.5. The van der Waals surface area contributed by atoms with Crippen molar-refractivity contribution in [2.24, 2.45) is 0 Å². The minimum absolute atomic E-state index is 1.25. The van der Waals surface area contributed by atoms with Gasteiger partial charge in [0.15, 0.2) is 0 Å². The first kappa shape index (κ1) is 3.93. The monoisotopic (exact) mass is 99.0 g/mol. The van der Waals surface area contributed by atoms with Gasteiger partial charge in [0.2, 0.25) is 0 Å². The Bertz CT molecular complexity index is 101. The molecule has 0 saturated carbocycles. The van der Waals surface area contributed by atoms with Gasteiger partial charge >= 0.3 is 0 Å². The third kappa shape index (κ3) is 0.627. The largest absolute Gasteiger partial charge is 0.266 e. The maximum absolute atomic E-state index is 3.86. The third-order valence-electron chi connectivity index (χ3n) is 0.556. The Kier molecular flexibility index (Phi) is 0.965. The van der Waals surface area contributed by atoms with E-state index in [-0.39, 0.29) is 0 Å². The third-order valence-corrected chi connectivity index (χ3v) is 1.26. The van der Waals surface area contributed by atoms with Crippen LogP contribution in [0.15, 0.2) is 11.0 Å². The van der Waals surface area contributed by atoms with Crippen LogP contribution in [0.1, 0.15) is 6.92 Å². The van der Waals surface area contributed by atoms with Gasteiger partial charge in [-0.1, -0.05) is 0 Å². The molecular weight excluding hydrogens is 94.1 g/mol. The van der Waals surface area contributed by atoms with E-state index >= 15 is 0 Å². The molecule has 0 atom stereocenters. The van der Waals surface area contributed by atoms with E-state index in [9.17, 15) is 0 Å². The zero-order valence-corrected chi connectivity index (χ0v) is 4.33. The van der Waals surface area contributed by atoms with E-state index in [1.165, 1.54) is 17.5 Å². The van der Waals surface area contributed by atoms with Gasteiger partial charge in [-0.2, -0.15) is 0 Å². The van der Waals surface area contributed by atoms with Gasteiger partial charge < -0.3 is 0 Å². The molecule has 0 aromatic heterocycles. The van der Waals surface area contributed by atoms with Crippen LogP contribution in [0, 0.1) is 0 Å². The Hall–Kier alpha value is -0.240. The molecule has 0 spiro atoms. The molecule has 31 valence electrons. The van der Waals surface area contributed by atoms with E-state index in [1.54, 1.807) is 0 Å². The van der Waals surface area contributed by atoms with Crippen molar-refractivity contribution in [3.8, 4) is 0 Å². The summed E-state index contributed by atoms with van der Waals surface area (Å²) in [7, 11) is 0. The zero-order valence-electron chi connectivity index (χ0n) is 3.51. The summed E-state index contributed by atoms with van der Waals surface area (Å²) < 4.78 is 3.86. The standard InChI is InChI=1S/C4H5NS/c1-4-2-5-6-3-4/h2-3H,1H3/q+1. The molecule has 2 heteroatoms. The lowest BCUT2D eigenvalue weighted by atomic mass is 10.4. The van der Waals surface area contributed by atoms with Crippen LogP contribution in [0.3, 0.4) is 0 Å². The quantitative estimate of drug-likeness (QED) is 0.412. The van der Waals surface area contributed by atoms with Crippen LogP contribution in [-0.4, -0.2) is 6.21 Å². The van der Waals surface area contributed by atoms with Crippen LogP contribution in [0.5, 0.6) is 0 Å². The molecule has 0 unspecified atom stereocenters. The van der Waals surface area contributed by atoms with Crippen molar-refractivity contribution in [2.75, 3.05) is 0 Å². The lowest BCUT2D eigenvalue weighted by molar-refractivity contribution is 1.64. The second-order valence-electron chi connectivity index (χ2n) is 1.20. The minimum atomic E-state index is 1.25. The predicted molar refractivity (Wildman–Crippen MR) is 29.5 cm³/mol. The molecule has 0 saturated heterocycles. The second kappa shape index (κ2) is 1.47. The fraction of sp³-hybridized carbons (Fsp3) is 0.250. The molecule has 1 heterocycles. The Labute approximate surface area is 41.3 Å². The molecule has 0 bridgehead atoms. The lowest BCUT2D eigenvalue weighted by Crippen LogP contribution is -1.70. The summed E-state index contributed by atoms with van der Waals surface area (Å²) in [5.41, 5.74) is 1.25. The molecule has 1 aliphatic rings. The first-order valence-electron chi connectivity index (χ1n) is 1.75. The predicted octanol–water partition coefficient (Wildman–Crippen LogP) is 0.959. The Morgan fingerprint density at radius 3 is 2.83 bits per heavy atom. The lowest BCUT2D eigenvalue weighted by Gasteiger charge is -1.60. The molecule has 0 aliphatic carbocycles. The average Bonchev–Trinajstić information content (AvgIpc) is 1.86. The second-order valence-corrected chi connectivity index (χ2v) is 1.86. The molecule has 0 fully saturated rings. The average molecular weight is 99.2 g/mol. The molecule has 1 nitrogen and oxygen atoms in total. The van der Waals surface area contributed by atoms with Crippen molar-refractivity contribution in [1.82, 2.24) is 4.40 Å². The summed E-state index contributed by atoms with van der Waals surface area (Å²) in [6.07, 6.45) is 1.85. The molecule has 1 radical (unpaired) electrons. The molecular formula is C4H5NS+. The molecule has 1 rings (SSSR count). The summed E-state index contributed by atoms with van der Waals surface area (Å²) in [6.45, 7) is 2.03. The molecule has 0 aromatic carbocycles. The van der Waals surface area contributed by atoms with E-state index in [0.29, 0.717) is 0 Å². The highest BCUT2D eigenvalue weighted by molar-refractivity contribution is 8.00. The van der Waals surface area contributed by atoms with E-state index in [4.69, 9.17) is 0 Å². The maximum atomic E-state index is 3.86. The topological polar surface area (TPSA) is 14.1 Å². The van der Waals surface area contributed by atoms with Crippen LogP contribution in [0.2, 0.25) is 0 Å². The SMILES string of the molecule is CC1=CS[N+]=C1. The highest BCUT2D eigenvalue weighted by atomic mass is 32.2. The van der Waals surface area contributed by atoms with Crippen molar-refractivity contribution >= 4 is 18.2 Å². The molecule has 0 aromatic rings. The van der Waals surface area contributed by atoms with Crippen LogP contribution in [0.25, 0.3) is 0 Å². The van der Waals surface area contributed by atoms with Gasteiger partial charge in [0.05, 0.1) is 5.41 Å². The van der Waals surface area contributed by atoms with Crippen molar-refractivity contribution < 1.29 is 0 Å². The van der Waals surface area contributed by atoms with Crippen LogP contribution in [-0.2, 0) is 0 Å². The van der Waals surface area contributed by atoms with Crippen LogP contribution < -0.4 is 4.40 Å². The number of allylic oxidation sites excluding steroid dienone is 1. The van der Waals surface area contributed by atoms with E-state index < -0.39 is 0 Å². The summed E-state index contributed by atoms with van der Waals surface area (Å²) in [4.78, 5) is 0. The highest BCUT2D eigenvalue weighted by Gasteiger charge is 2.02. The summed E-state index contributed by atoms with van der Waals surface area (Å²) >= 11 is 1.49. The molecule has 0 N–H and O–H groups in total. The maximum Gasteiger partial charge on any atom is 0.266 e. The van der Waals surface area contributed by atoms with Gasteiger partial charge in [0, 0.05) is 5.57 Å². The summed E-state index contributed by atoms with van der Waals surface area (Å²) in [6, 6.07) is 0. The van der Waals surface area contributed by atoms with Crippen LogP contribution >= 0.6 is 11.9 Å². The van der Waals surface area contributed by atoms with Gasteiger partial charge in [-0.3, -0.25) is 0 Å². The molecule has 0 amide bonds. The van der Waals surface area contributed by atoms with Gasteiger partial charge in [-0.15, -0.1) is 0 Å². The van der Waals surface area contributed by atoms with Crippen LogP contribution in [0.4, 0.5) is 0 Å². The smallest absolute Gasteiger partial charge is 0.0328 e. The van der Waals surface area contributed by atoms with Gasteiger partial charge in [-0.25, -0.2) is 0 Å². The molecule has 6 heavy (non-hydrogen) atoms. The van der Waals surface area contributed by atoms with Crippen molar-refractivity contribution in [2.45, 2.75) is 6.92 Å². The Morgan fingerprint density at radius 2 is 2.67 bits per heavy atom. The summed E-state index contributed by atoms with van der Waals surface area (Å²) in [5.74, 6) is 0. The highest BCUT2D eigenvalue weighted by Crippen LogP contribution is 2.04. The van der Waals surface area contributed by atoms with Crippen molar-refractivity contribution in [3.63, 3.8) is 0 Å². The number of hydrogen-bond donors (Lipinski definition) is 0.